The SMILES string of the molecule is CCNc1nnc(-c2cc3ccccc3o2)c(C)c1C. The normalized spacial score (nSPS) is 10.9. The van der Waals surface area contributed by atoms with Crippen LogP contribution >= 0.6 is 0 Å². The standard InChI is InChI=1S/C16H17N3O/c1-4-17-16-11(3)10(2)15(18-19-16)14-9-12-7-5-6-8-13(12)20-14/h5-9H,4H2,1-3H3,(H,17,19). The molecule has 3 aromatic rings. The Kier molecular flexibility index (Phi) is 3.14. The van der Waals surface area contributed by atoms with Crippen LogP contribution in [0.3, 0.4) is 0 Å². The molecule has 0 atom stereocenters. The summed E-state index contributed by atoms with van der Waals surface area (Å²) in [4.78, 5) is 0. The summed E-state index contributed by atoms with van der Waals surface area (Å²) in [6, 6.07) is 9.97. The van der Waals surface area contributed by atoms with Crippen LogP contribution in [-0.2, 0) is 0 Å². The van der Waals surface area contributed by atoms with Crippen LogP contribution in [0.1, 0.15) is 18.1 Å². The number of anilines is 1. The fourth-order valence-electron chi connectivity index (χ4n) is 2.27. The van der Waals surface area contributed by atoms with Crippen LogP contribution in [0.25, 0.3) is 22.4 Å². The smallest absolute Gasteiger partial charge is 0.155 e. The van der Waals surface area contributed by atoms with Crippen molar-refractivity contribution in [1.29, 1.82) is 0 Å². The highest BCUT2D eigenvalue weighted by Crippen LogP contribution is 2.30. The average molecular weight is 267 g/mol. The minimum absolute atomic E-state index is 0.766. The molecule has 20 heavy (non-hydrogen) atoms. The molecule has 3 rings (SSSR count). The van der Waals surface area contributed by atoms with Crippen molar-refractivity contribution in [3.63, 3.8) is 0 Å². The molecule has 2 aromatic heterocycles. The molecule has 0 saturated carbocycles. The van der Waals surface area contributed by atoms with Crippen molar-refractivity contribution < 1.29 is 4.42 Å². The van der Waals surface area contributed by atoms with Gasteiger partial charge in [-0.3, -0.25) is 0 Å². The Morgan fingerprint density at radius 3 is 2.65 bits per heavy atom. The molecule has 0 aliphatic rings. The molecule has 0 aliphatic carbocycles. The van der Waals surface area contributed by atoms with Crippen molar-refractivity contribution in [2.24, 2.45) is 0 Å². The van der Waals surface area contributed by atoms with Crippen LogP contribution in [-0.4, -0.2) is 16.7 Å². The number of para-hydroxylation sites is 1. The van der Waals surface area contributed by atoms with Gasteiger partial charge in [-0.15, -0.1) is 10.2 Å². The molecular formula is C16H17N3O. The fraction of sp³-hybridized carbons (Fsp3) is 0.250. The van der Waals surface area contributed by atoms with Crippen LogP contribution in [0.5, 0.6) is 0 Å². The average Bonchev–Trinajstić information content (AvgIpc) is 2.88. The van der Waals surface area contributed by atoms with Gasteiger partial charge in [0.05, 0.1) is 0 Å². The van der Waals surface area contributed by atoms with Gasteiger partial charge in [0, 0.05) is 11.9 Å². The van der Waals surface area contributed by atoms with Crippen molar-refractivity contribution in [2.75, 3.05) is 11.9 Å². The molecule has 2 heterocycles. The van der Waals surface area contributed by atoms with Crippen LogP contribution in [0, 0.1) is 13.8 Å². The van der Waals surface area contributed by atoms with Gasteiger partial charge in [-0.05, 0) is 44.0 Å². The number of fused-ring (bicyclic) bond motifs is 1. The van der Waals surface area contributed by atoms with Crippen molar-refractivity contribution in [2.45, 2.75) is 20.8 Å². The molecule has 0 saturated heterocycles. The molecular weight excluding hydrogens is 250 g/mol. The predicted molar refractivity (Wildman–Crippen MR) is 80.9 cm³/mol. The van der Waals surface area contributed by atoms with E-state index < -0.39 is 0 Å². The summed E-state index contributed by atoms with van der Waals surface area (Å²) in [7, 11) is 0. The summed E-state index contributed by atoms with van der Waals surface area (Å²) < 4.78 is 5.87. The molecule has 0 spiro atoms. The first-order chi connectivity index (χ1) is 9.70. The van der Waals surface area contributed by atoms with Gasteiger partial charge in [0.1, 0.15) is 11.3 Å². The third kappa shape index (κ3) is 2.03. The Morgan fingerprint density at radius 1 is 1.10 bits per heavy atom. The summed E-state index contributed by atoms with van der Waals surface area (Å²) in [5.41, 5.74) is 3.88. The van der Waals surface area contributed by atoms with E-state index in [9.17, 15) is 0 Å². The molecule has 1 aromatic carbocycles. The first kappa shape index (κ1) is 12.7. The molecule has 1 N–H and O–H groups in total. The third-order valence-corrected chi connectivity index (χ3v) is 3.53. The quantitative estimate of drug-likeness (QED) is 0.781. The molecule has 0 radical (unpaired) electrons. The second-order valence-electron chi connectivity index (χ2n) is 4.83. The van der Waals surface area contributed by atoms with E-state index in [2.05, 4.69) is 15.5 Å². The monoisotopic (exact) mass is 267 g/mol. The van der Waals surface area contributed by atoms with Gasteiger partial charge in [0.2, 0.25) is 0 Å². The first-order valence-corrected chi connectivity index (χ1v) is 6.77. The Hall–Kier alpha value is -2.36. The molecule has 0 fully saturated rings. The van der Waals surface area contributed by atoms with Crippen molar-refractivity contribution >= 4 is 16.8 Å². The minimum Gasteiger partial charge on any atom is -0.454 e. The van der Waals surface area contributed by atoms with E-state index >= 15 is 0 Å². The lowest BCUT2D eigenvalue weighted by atomic mass is 10.1. The minimum atomic E-state index is 0.766. The Bertz CT molecular complexity index is 729. The first-order valence-electron chi connectivity index (χ1n) is 6.77. The number of hydrogen-bond donors (Lipinski definition) is 1. The number of rotatable bonds is 3. The van der Waals surface area contributed by atoms with E-state index in [0.717, 1.165) is 45.9 Å². The molecule has 0 amide bonds. The Labute approximate surface area is 117 Å². The van der Waals surface area contributed by atoms with Crippen LogP contribution in [0.2, 0.25) is 0 Å². The predicted octanol–water partition coefficient (Wildman–Crippen LogP) is 3.94. The molecule has 0 bridgehead atoms. The maximum Gasteiger partial charge on any atom is 0.155 e. The third-order valence-electron chi connectivity index (χ3n) is 3.53. The van der Waals surface area contributed by atoms with E-state index in [1.54, 1.807) is 0 Å². The zero-order valence-electron chi connectivity index (χ0n) is 11.9. The maximum atomic E-state index is 5.87. The van der Waals surface area contributed by atoms with Gasteiger partial charge in [0.15, 0.2) is 11.6 Å². The Morgan fingerprint density at radius 2 is 1.90 bits per heavy atom. The topological polar surface area (TPSA) is 51.0 Å². The van der Waals surface area contributed by atoms with Gasteiger partial charge in [0.25, 0.3) is 0 Å². The largest absolute Gasteiger partial charge is 0.454 e. The van der Waals surface area contributed by atoms with Crippen molar-refractivity contribution in [3.8, 4) is 11.5 Å². The summed E-state index contributed by atoms with van der Waals surface area (Å²) in [5, 5.41) is 12.9. The number of nitrogens with zero attached hydrogens (tertiary/aromatic N) is 2. The molecule has 4 nitrogen and oxygen atoms in total. The lowest BCUT2D eigenvalue weighted by Crippen LogP contribution is -2.05. The van der Waals surface area contributed by atoms with Crippen molar-refractivity contribution in [3.05, 3.63) is 41.5 Å². The fourth-order valence-corrected chi connectivity index (χ4v) is 2.27. The van der Waals surface area contributed by atoms with E-state index in [1.807, 2.05) is 51.1 Å². The molecule has 102 valence electrons. The Balaban J connectivity index is 2.12. The van der Waals surface area contributed by atoms with Gasteiger partial charge in [-0.2, -0.15) is 0 Å². The molecule has 0 aliphatic heterocycles. The number of furan rings is 1. The summed E-state index contributed by atoms with van der Waals surface area (Å²) in [5.74, 6) is 1.60. The molecule has 0 unspecified atom stereocenters. The zero-order valence-corrected chi connectivity index (χ0v) is 11.9. The second-order valence-corrected chi connectivity index (χ2v) is 4.83. The van der Waals surface area contributed by atoms with Crippen LogP contribution in [0.15, 0.2) is 34.7 Å². The van der Waals surface area contributed by atoms with E-state index in [1.165, 1.54) is 0 Å². The van der Waals surface area contributed by atoms with Crippen molar-refractivity contribution in [1.82, 2.24) is 10.2 Å². The van der Waals surface area contributed by atoms with E-state index in [4.69, 9.17) is 4.42 Å². The van der Waals surface area contributed by atoms with Gasteiger partial charge in [-0.25, -0.2) is 0 Å². The summed E-state index contributed by atoms with van der Waals surface area (Å²) >= 11 is 0. The molecule has 4 heteroatoms. The van der Waals surface area contributed by atoms with E-state index in [0.29, 0.717) is 0 Å². The lowest BCUT2D eigenvalue weighted by Gasteiger charge is -2.10. The lowest BCUT2D eigenvalue weighted by molar-refractivity contribution is 0.626. The van der Waals surface area contributed by atoms with E-state index in [-0.39, 0.29) is 0 Å². The zero-order chi connectivity index (χ0) is 14.1. The highest BCUT2D eigenvalue weighted by molar-refractivity contribution is 5.82. The maximum absolute atomic E-state index is 5.87. The van der Waals surface area contributed by atoms with Gasteiger partial charge in [-0.1, -0.05) is 18.2 Å². The van der Waals surface area contributed by atoms with Crippen LogP contribution < -0.4 is 5.32 Å². The second kappa shape index (κ2) is 4.96. The number of aromatic nitrogens is 2. The highest BCUT2D eigenvalue weighted by atomic mass is 16.3. The number of benzene rings is 1. The summed E-state index contributed by atoms with van der Waals surface area (Å²) in [6.45, 7) is 6.98. The van der Waals surface area contributed by atoms with Crippen LogP contribution in [0.4, 0.5) is 5.82 Å². The van der Waals surface area contributed by atoms with Gasteiger partial charge >= 0.3 is 0 Å². The number of nitrogens with one attached hydrogen (secondary N) is 1. The highest BCUT2D eigenvalue weighted by Gasteiger charge is 2.14. The number of hydrogen-bond acceptors (Lipinski definition) is 4. The summed E-state index contributed by atoms with van der Waals surface area (Å²) in [6.07, 6.45) is 0. The van der Waals surface area contributed by atoms with Gasteiger partial charge < -0.3 is 9.73 Å².